The Morgan fingerprint density at radius 2 is 1.67 bits per heavy atom. The summed E-state index contributed by atoms with van der Waals surface area (Å²) in [4.78, 5) is 22.5. The van der Waals surface area contributed by atoms with Crippen LogP contribution in [0.25, 0.3) is 6.08 Å². The van der Waals surface area contributed by atoms with E-state index in [1.54, 1.807) is 30.3 Å². The van der Waals surface area contributed by atoms with Crippen molar-refractivity contribution in [1.82, 2.24) is 5.32 Å². The molecule has 2 rings (SSSR count). The summed E-state index contributed by atoms with van der Waals surface area (Å²) < 4.78 is 0. The topological polar surface area (TPSA) is 86.6 Å². The van der Waals surface area contributed by atoms with E-state index >= 15 is 0 Å². The van der Waals surface area contributed by atoms with Crippen molar-refractivity contribution in [3.63, 3.8) is 0 Å². The van der Waals surface area contributed by atoms with Crippen molar-refractivity contribution in [3.05, 3.63) is 77.4 Å². The minimum absolute atomic E-state index is 0.181. The predicted octanol–water partition coefficient (Wildman–Crippen LogP) is 2.90. The van der Waals surface area contributed by atoms with E-state index in [9.17, 15) is 19.8 Å². The normalized spacial score (nSPS) is 13.5. The number of alkyl halides is 2. The van der Waals surface area contributed by atoms with Crippen LogP contribution in [0.5, 0.6) is 0 Å². The molecule has 0 bridgehead atoms. The maximum atomic E-state index is 12.2. The molecule has 0 radical (unpaired) electrons. The Kier molecular flexibility index (Phi) is 8.00. The van der Waals surface area contributed by atoms with Gasteiger partial charge in [-0.3, -0.25) is 9.59 Å². The van der Waals surface area contributed by atoms with Crippen LogP contribution in [0.3, 0.4) is 0 Å². The molecule has 5 nitrogen and oxygen atoms in total. The molecule has 2 aromatic carbocycles. The number of hydrogen-bond donors (Lipinski definition) is 3. The van der Waals surface area contributed by atoms with E-state index in [0.29, 0.717) is 11.1 Å². The Labute approximate surface area is 167 Å². The molecule has 0 saturated heterocycles. The molecule has 7 heteroatoms. The van der Waals surface area contributed by atoms with Crippen LogP contribution in [0, 0.1) is 0 Å². The highest BCUT2D eigenvalue weighted by atomic mass is 35.5. The second-order valence-electron chi connectivity index (χ2n) is 5.77. The van der Waals surface area contributed by atoms with Gasteiger partial charge in [-0.05, 0) is 17.2 Å². The Morgan fingerprint density at radius 3 is 2.22 bits per heavy atom. The molecule has 2 atom stereocenters. The summed E-state index contributed by atoms with van der Waals surface area (Å²) in [5.41, 5.74) is 1.79. The van der Waals surface area contributed by atoms with Crippen LogP contribution in [0.4, 0.5) is 0 Å². The Bertz CT molecular complexity index is 791. The highest BCUT2D eigenvalue weighted by molar-refractivity contribution is 6.53. The molecule has 0 aliphatic carbocycles. The van der Waals surface area contributed by atoms with Gasteiger partial charge in [0.25, 0.3) is 5.91 Å². The Balaban J connectivity index is 2.05. The van der Waals surface area contributed by atoms with Gasteiger partial charge in [-0.15, -0.1) is 0 Å². The smallest absolute Gasteiger partial charge is 0.253 e. The first-order valence-corrected chi connectivity index (χ1v) is 9.04. The number of halogens is 2. The summed E-state index contributed by atoms with van der Waals surface area (Å²) in [6.45, 7) is -0.506. The maximum absolute atomic E-state index is 12.2. The van der Waals surface area contributed by atoms with Crippen molar-refractivity contribution in [3.8, 4) is 0 Å². The molecule has 0 aliphatic rings. The predicted molar refractivity (Wildman–Crippen MR) is 106 cm³/mol. The molecule has 0 aliphatic heterocycles. The third-order valence-corrected chi connectivity index (χ3v) is 4.26. The maximum Gasteiger partial charge on any atom is 0.253 e. The number of hydrogen-bond acceptors (Lipinski definition) is 4. The number of rotatable bonds is 8. The third kappa shape index (κ3) is 6.19. The fourth-order valence-corrected chi connectivity index (χ4v) is 2.51. The first-order chi connectivity index (χ1) is 12.9. The molecule has 0 saturated carbocycles. The number of carbonyl (C=O) groups excluding carboxylic acids is 2. The Hall–Kier alpha value is -2.18. The summed E-state index contributed by atoms with van der Waals surface area (Å²) in [7, 11) is 0. The lowest BCUT2D eigenvalue weighted by atomic mass is 10.00. The van der Waals surface area contributed by atoms with Gasteiger partial charge in [-0.1, -0.05) is 83.9 Å². The zero-order chi connectivity index (χ0) is 19.8. The summed E-state index contributed by atoms with van der Waals surface area (Å²) in [5.74, 6) is -0.895. The van der Waals surface area contributed by atoms with Gasteiger partial charge in [0.1, 0.15) is 6.10 Å². The lowest BCUT2D eigenvalue weighted by Crippen LogP contribution is -2.44. The van der Waals surface area contributed by atoms with E-state index in [4.69, 9.17) is 23.2 Å². The number of allylic oxidation sites excluding steroid dienone is 1. The van der Waals surface area contributed by atoms with Crippen molar-refractivity contribution >= 4 is 41.0 Å². The van der Waals surface area contributed by atoms with Crippen LogP contribution < -0.4 is 5.32 Å². The summed E-state index contributed by atoms with van der Waals surface area (Å²) in [5, 5.41) is 22.1. The molecule has 0 fully saturated rings. The number of amides is 1. The number of nitrogens with one attached hydrogen (secondary N) is 1. The Morgan fingerprint density at radius 1 is 1.04 bits per heavy atom. The molecular weight excluding hydrogens is 389 g/mol. The quantitative estimate of drug-likeness (QED) is 0.356. The SMILES string of the molecule is O=C(/C=C/c1ccccc1)c1ccc([C@@H](O)[C@@H](CO)NC(=O)C(Cl)Cl)cc1. The molecule has 1 amide bonds. The number of aliphatic hydroxyl groups excluding tert-OH is 2. The first kappa shape index (κ1) is 21.1. The van der Waals surface area contributed by atoms with Crippen molar-refractivity contribution in [2.24, 2.45) is 0 Å². The molecule has 27 heavy (non-hydrogen) atoms. The highest BCUT2D eigenvalue weighted by Gasteiger charge is 2.24. The molecule has 0 unspecified atom stereocenters. The first-order valence-electron chi connectivity index (χ1n) is 8.17. The van der Waals surface area contributed by atoms with E-state index in [1.165, 1.54) is 6.08 Å². The average Bonchev–Trinajstić information content (AvgIpc) is 2.70. The molecule has 0 heterocycles. The summed E-state index contributed by atoms with van der Waals surface area (Å²) >= 11 is 10.9. The van der Waals surface area contributed by atoms with E-state index in [-0.39, 0.29) is 5.78 Å². The molecule has 0 aromatic heterocycles. The van der Waals surface area contributed by atoms with Crippen molar-refractivity contribution < 1.29 is 19.8 Å². The monoisotopic (exact) mass is 407 g/mol. The van der Waals surface area contributed by atoms with E-state index in [1.807, 2.05) is 30.3 Å². The van der Waals surface area contributed by atoms with Crippen LogP contribution >= 0.6 is 23.2 Å². The van der Waals surface area contributed by atoms with Crippen LogP contribution in [-0.4, -0.2) is 39.4 Å². The van der Waals surface area contributed by atoms with Crippen molar-refractivity contribution in [1.29, 1.82) is 0 Å². The largest absolute Gasteiger partial charge is 0.394 e. The fraction of sp³-hybridized carbons (Fsp3) is 0.200. The summed E-state index contributed by atoms with van der Waals surface area (Å²) in [6, 6.07) is 14.7. The van der Waals surface area contributed by atoms with Gasteiger partial charge in [0.2, 0.25) is 0 Å². The van der Waals surface area contributed by atoms with Gasteiger partial charge >= 0.3 is 0 Å². The minimum Gasteiger partial charge on any atom is -0.394 e. The van der Waals surface area contributed by atoms with Crippen molar-refractivity contribution in [2.45, 2.75) is 17.0 Å². The number of ketones is 1. The van der Waals surface area contributed by atoms with Crippen LogP contribution in [0.2, 0.25) is 0 Å². The van der Waals surface area contributed by atoms with Crippen LogP contribution in [0.15, 0.2) is 60.7 Å². The van der Waals surface area contributed by atoms with Gasteiger partial charge in [-0.25, -0.2) is 0 Å². The third-order valence-electron chi connectivity index (χ3n) is 3.87. The second kappa shape index (κ2) is 10.2. The fourth-order valence-electron chi connectivity index (χ4n) is 2.38. The molecule has 2 aromatic rings. The van der Waals surface area contributed by atoms with Gasteiger partial charge < -0.3 is 15.5 Å². The van der Waals surface area contributed by atoms with Crippen LogP contribution in [0.1, 0.15) is 27.6 Å². The number of benzene rings is 2. The number of aliphatic hydroxyl groups is 2. The zero-order valence-corrected chi connectivity index (χ0v) is 15.8. The molecular formula is C20H19Cl2NO4. The lowest BCUT2D eigenvalue weighted by molar-refractivity contribution is -0.121. The number of carbonyl (C=O) groups is 2. The second-order valence-corrected chi connectivity index (χ2v) is 6.87. The van der Waals surface area contributed by atoms with Gasteiger partial charge in [-0.2, -0.15) is 0 Å². The van der Waals surface area contributed by atoms with Gasteiger partial charge in [0, 0.05) is 5.56 Å². The van der Waals surface area contributed by atoms with Crippen LogP contribution in [-0.2, 0) is 4.79 Å². The molecule has 0 spiro atoms. The van der Waals surface area contributed by atoms with Crippen molar-refractivity contribution in [2.75, 3.05) is 6.61 Å². The van der Waals surface area contributed by atoms with E-state index < -0.39 is 29.5 Å². The lowest BCUT2D eigenvalue weighted by Gasteiger charge is -2.23. The van der Waals surface area contributed by atoms with Gasteiger partial charge in [0.15, 0.2) is 10.6 Å². The minimum atomic E-state index is -1.30. The standard InChI is InChI=1S/C20H19Cl2NO4/c21-19(22)20(27)23-16(12-24)18(26)15-9-7-14(8-10-15)17(25)11-6-13-4-2-1-3-5-13/h1-11,16,18-19,24,26H,12H2,(H,23,27)/b11-6+/t16-,18-/m1/s1. The summed E-state index contributed by atoms with van der Waals surface area (Å²) in [6.07, 6.45) is 2.01. The average molecular weight is 408 g/mol. The molecule has 142 valence electrons. The van der Waals surface area contributed by atoms with E-state index in [2.05, 4.69) is 5.32 Å². The van der Waals surface area contributed by atoms with Gasteiger partial charge in [0.05, 0.1) is 12.6 Å². The zero-order valence-electron chi connectivity index (χ0n) is 14.3. The highest BCUT2D eigenvalue weighted by Crippen LogP contribution is 2.19. The molecule has 3 N–H and O–H groups in total. The van der Waals surface area contributed by atoms with E-state index in [0.717, 1.165) is 5.56 Å².